The fourth-order valence-electron chi connectivity index (χ4n) is 8.00. The van der Waals surface area contributed by atoms with Crippen molar-refractivity contribution < 1.29 is 75.9 Å². The molecule has 0 amide bonds. The maximum Gasteiger partial charge on any atom is 0.341 e. The molecule has 3 aliphatic rings. The van der Waals surface area contributed by atoms with Gasteiger partial charge in [0.25, 0.3) is 0 Å². The van der Waals surface area contributed by atoms with E-state index in [1.807, 2.05) is 0 Å². The summed E-state index contributed by atoms with van der Waals surface area (Å²) in [5.74, 6) is -6.66. The van der Waals surface area contributed by atoms with E-state index in [4.69, 9.17) is 42.0 Å². The van der Waals surface area contributed by atoms with E-state index in [0.29, 0.717) is 0 Å². The van der Waals surface area contributed by atoms with Gasteiger partial charge in [-0.2, -0.15) is 0 Å². The van der Waals surface area contributed by atoms with Gasteiger partial charge in [0, 0.05) is 34.1 Å². The second kappa shape index (κ2) is 12.6. The lowest BCUT2D eigenvalue weighted by molar-refractivity contribution is -0.362. The zero-order chi connectivity index (χ0) is 36.1. The molecule has 5 rings (SSSR count). The predicted octanol–water partition coefficient (Wildman–Crippen LogP) is 2.30. The molecule has 49 heavy (non-hydrogen) atoms. The highest BCUT2D eigenvalue weighted by Gasteiger charge is 2.89. The third-order valence-electron chi connectivity index (χ3n) is 9.46. The number of furan rings is 2. The highest BCUT2D eigenvalue weighted by Crippen LogP contribution is 2.69. The molecule has 2 aliphatic carbocycles. The maximum atomic E-state index is 13.9. The standard InChI is InChI=1S/C33H38O16/c1-16(34)43-15-32-25(45-18(3)36)22(44-17(2)35)12-31(7,40)33(32)26(46-19(4)37)23(30(5,6)49-33)24(47-28(38)20-8-10-41-13-20)27(32)48-29(39)21-9-11-42-14-21/h8-11,13-14,22-27,40H,12,15H2,1-7H3. The molecule has 16 heteroatoms. The summed E-state index contributed by atoms with van der Waals surface area (Å²) in [5, 5.41) is 12.6. The van der Waals surface area contributed by atoms with Gasteiger partial charge in [-0.1, -0.05) is 0 Å². The predicted molar refractivity (Wildman–Crippen MR) is 158 cm³/mol. The molecule has 2 bridgehead atoms. The van der Waals surface area contributed by atoms with Crippen LogP contribution >= 0.6 is 0 Å². The number of aliphatic hydroxyl groups is 1. The van der Waals surface area contributed by atoms with Crippen LogP contribution in [-0.2, 0) is 52.3 Å². The lowest BCUT2D eigenvalue weighted by Crippen LogP contribution is -2.85. The molecule has 1 aliphatic heterocycles. The summed E-state index contributed by atoms with van der Waals surface area (Å²) in [6.07, 6.45) is -4.11. The average Bonchev–Trinajstić information content (AvgIpc) is 3.74. The number of carbonyl (C=O) groups is 6. The van der Waals surface area contributed by atoms with E-state index in [1.165, 1.54) is 31.6 Å². The van der Waals surface area contributed by atoms with Gasteiger partial charge in [-0.05, 0) is 32.9 Å². The third-order valence-corrected chi connectivity index (χ3v) is 9.46. The van der Waals surface area contributed by atoms with Crippen LogP contribution in [0.2, 0.25) is 0 Å². The van der Waals surface area contributed by atoms with Crippen LogP contribution in [0.25, 0.3) is 0 Å². The first kappa shape index (κ1) is 35.6. The van der Waals surface area contributed by atoms with E-state index < -0.39 is 107 Å². The van der Waals surface area contributed by atoms with E-state index in [9.17, 15) is 33.9 Å². The molecule has 1 N–H and O–H groups in total. The van der Waals surface area contributed by atoms with E-state index >= 15 is 0 Å². The lowest BCUT2D eigenvalue weighted by Gasteiger charge is -2.66. The smallest absolute Gasteiger partial charge is 0.341 e. The molecule has 2 aromatic heterocycles. The average molecular weight is 691 g/mol. The molecular weight excluding hydrogens is 652 g/mol. The summed E-state index contributed by atoms with van der Waals surface area (Å²) in [7, 11) is 0. The maximum absolute atomic E-state index is 13.9. The minimum atomic E-state index is -2.34. The Morgan fingerprint density at radius 1 is 0.735 bits per heavy atom. The zero-order valence-electron chi connectivity index (χ0n) is 27.9. The molecule has 16 nitrogen and oxygen atoms in total. The minimum Gasteiger partial charge on any atom is -0.472 e. The molecular formula is C33H38O16. The van der Waals surface area contributed by atoms with Crippen molar-refractivity contribution in [2.75, 3.05) is 6.61 Å². The van der Waals surface area contributed by atoms with Crippen LogP contribution in [0, 0.1) is 11.3 Å². The second-order valence-corrected chi connectivity index (χ2v) is 13.2. The Hall–Kier alpha value is -4.70. The summed E-state index contributed by atoms with van der Waals surface area (Å²) in [5.41, 5.74) is -8.43. The van der Waals surface area contributed by atoms with Crippen LogP contribution < -0.4 is 0 Å². The number of ether oxygens (including phenoxy) is 7. The van der Waals surface area contributed by atoms with Gasteiger partial charge in [-0.15, -0.1) is 0 Å². The van der Waals surface area contributed by atoms with Crippen LogP contribution in [0.15, 0.2) is 46.0 Å². The van der Waals surface area contributed by atoms with Crippen molar-refractivity contribution in [1.82, 2.24) is 0 Å². The lowest BCUT2D eigenvalue weighted by atomic mass is 9.45. The molecule has 2 saturated carbocycles. The normalized spacial score (nSPS) is 34.1. The monoisotopic (exact) mass is 690 g/mol. The molecule has 0 radical (unpaired) electrons. The number of rotatable bonds is 9. The largest absolute Gasteiger partial charge is 0.472 e. The van der Waals surface area contributed by atoms with Gasteiger partial charge in [0.2, 0.25) is 0 Å². The van der Waals surface area contributed by atoms with Gasteiger partial charge in [-0.25, -0.2) is 9.59 Å². The summed E-state index contributed by atoms with van der Waals surface area (Å²) in [4.78, 5) is 78.5. The van der Waals surface area contributed by atoms with Crippen molar-refractivity contribution in [3.63, 3.8) is 0 Å². The molecule has 9 atom stereocenters. The Kier molecular flexibility index (Phi) is 9.18. The molecule has 1 spiro atoms. The van der Waals surface area contributed by atoms with Gasteiger partial charge >= 0.3 is 35.8 Å². The van der Waals surface area contributed by atoms with Crippen molar-refractivity contribution >= 4 is 35.8 Å². The number of hydrogen-bond donors (Lipinski definition) is 1. The number of carbonyl (C=O) groups excluding carboxylic acids is 6. The molecule has 3 heterocycles. The van der Waals surface area contributed by atoms with Crippen LogP contribution in [0.5, 0.6) is 0 Å². The molecule has 0 aromatic carbocycles. The Balaban J connectivity index is 1.90. The second-order valence-electron chi connectivity index (χ2n) is 13.2. The van der Waals surface area contributed by atoms with Gasteiger partial charge in [0.1, 0.15) is 42.9 Å². The first-order chi connectivity index (χ1) is 22.9. The Morgan fingerprint density at radius 3 is 1.76 bits per heavy atom. The fourth-order valence-corrected chi connectivity index (χ4v) is 8.00. The van der Waals surface area contributed by atoms with Crippen LogP contribution in [-0.4, -0.2) is 94.9 Å². The highest BCUT2D eigenvalue weighted by atomic mass is 16.7. The van der Waals surface area contributed by atoms with Gasteiger partial charge in [-0.3, -0.25) is 19.2 Å². The molecule has 2 aromatic rings. The van der Waals surface area contributed by atoms with Crippen LogP contribution in [0.3, 0.4) is 0 Å². The van der Waals surface area contributed by atoms with Gasteiger partial charge in [0.05, 0.1) is 40.8 Å². The van der Waals surface area contributed by atoms with E-state index in [0.717, 1.165) is 40.2 Å². The molecule has 3 fully saturated rings. The van der Waals surface area contributed by atoms with Crippen LogP contribution in [0.1, 0.15) is 75.6 Å². The van der Waals surface area contributed by atoms with E-state index in [1.54, 1.807) is 13.8 Å². The number of fused-ring (bicyclic) bond motifs is 1. The van der Waals surface area contributed by atoms with E-state index in [-0.39, 0.29) is 11.1 Å². The molecule has 1 saturated heterocycles. The summed E-state index contributed by atoms with van der Waals surface area (Å²) >= 11 is 0. The Morgan fingerprint density at radius 2 is 1.27 bits per heavy atom. The number of hydrogen-bond acceptors (Lipinski definition) is 16. The van der Waals surface area contributed by atoms with Crippen molar-refractivity contribution in [2.45, 2.75) is 102 Å². The minimum absolute atomic E-state index is 0.0449. The summed E-state index contributed by atoms with van der Waals surface area (Å²) in [6, 6.07) is 2.62. The number of esters is 6. The van der Waals surface area contributed by atoms with Crippen molar-refractivity contribution in [1.29, 1.82) is 0 Å². The Bertz CT molecular complexity index is 1610. The first-order valence-electron chi connectivity index (χ1n) is 15.4. The van der Waals surface area contributed by atoms with Gasteiger partial charge in [0.15, 0.2) is 17.8 Å². The summed E-state index contributed by atoms with van der Waals surface area (Å²) in [6.45, 7) is 7.93. The Labute approximate surface area is 280 Å². The van der Waals surface area contributed by atoms with Crippen molar-refractivity contribution in [2.24, 2.45) is 11.3 Å². The molecule has 9 unspecified atom stereocenters. The fraction of sp³-hybridized carbons (Fsp3) is 0.576. The van der Waals surface area contributed by atoms with Gasteiger partial charge < -0.3 is 47.1 Å². The topological polar surface area (TPSA) is 214 Å². The van der Waals surface area contributed by atoms with Crippen molar-refractivity contribution in [3.05, 3.63) is 48.3 Å². The summed E-state index contributed by atoms with van der Waals surface area (Å²) < 4.78 is 52.4. The SMILES string of the molecule is CC(=O)OCC12C(OC(C)=O)C(OC(C)=O)CC(C)(O)C13OC(C)(C)C(C(OC(=O)c1ccoc1)C2OC(=O)c1ccoc1)C3OC(C)=O. The first-order valence-corrected chi connectivity index (χ1v) is 15.4. The van der Waals surface area contributed by atoms with Crippen molar-refractivity contribution in [3.8, 4) is 0 Å². The quantitative estimate of drug-likeness (QED) is 0.295. The van der Waals surface area contributed by atoms with Crippen LogP contribution in [0.4, 0.5) is 0 Å². The zero-order valence-corrected chi connectivity index (χ0v) is 27.9. The third kappa shape index (κ3) is 5.86. The van der Waals surface area contributed by atoms with E-state index in [2.05, 4.69) is 0 Å². The highest BCUT2D eigenvalue weighted by molar-refractivity contribution is 5.90. The molecule has 266 valence electrons.